The first-order chi connectivity index (χ1) is 14.1. The Morgan fingerprint density at radius 2 is 1.66 bits per heavy atom. The van der Waals surface area contributed by atoms with Crippen molar-refractivity contribution in [3.63, 3.8) is 0 Å². The summed E-state index contributed by atoms with van der Waals surface area (Å²) in [6.45, 7) is 1.82. The first kappa shape index (κ1) is 18.6. The van der Waals surface area contributed by atoms with Crippen LogP contribution in [0.1, 0.15) is 17.0 Å². The number of nitrogens with zero attached hydrogens (tertiary/aromatic N) is 1. The van der Waals surface area contributed by atoms with Crippen LogP contribution < -0.4 is 5.56 Å². The Morgan fingerprint density at radius 3 is 2.41 bits per heavy atom. The third-order valence-corrected chi connectivity index (χ3v) is 4.77. The molecule has 0 saturated carbocycles. The fourth-order valence-corrected chi connectivity index (χ4v) is 3.23. The molecule has 4 rings (SSSR count). The molecule has 4 aromatic rings. The number of aromatic amines is 1. The van der Waals surface area contributed by atoms with Gasteiger partial charge in [-0.3, -0.25) is 9.59 Å². The number of nitrogens with one attached hydrogen (secondary N) is 1. The fraction of sp³-hybridized carbons (Fsp3) is 0.125. The van der Waals surface area contributed by atoms with Gasteiger partial charge in [0.2, 0.25) is 0 Å². The molecule has 1 aromatic heterocycles. The van der Waals surface area contributed by atoms with Crippen molar-refractivity contribution < 1.29 is 9.53 Å². The second-order valence-corrected chi connectivity index (χ2v) is 6.88. The summed E-state index contributed by atoms with van der Waals surface area (Å²) in [7, 11) is 0. The Bertz CT molecular complexity index is 1210. The van der Waals surface area contributed by atoms with E-state index in [0.29, 0.717) is 16.7 Å². The van der Waals surface area contributed by atoms with Gasteiger partial charge in [-0.1, -0.05) is 66.7 Å². The highest BCUT2D eigenvalue weighted by atomic mass is 16.5. The summed E-state index contributed by atoms with van der Waals surface area (Å²) in [6.07, 6.45) is 0.159. The van der Waals surface area contributed by atoms with Gasteiger partial charge in [0.05, 0.1) is 17.3 Å². The minimum absolute atomic E-state index is 0.0690. The first-order valence-electron chi connectivity index (χ1n) is 9.38. The van der Waals surface area contributed by atoms with Crippen LogP contribution in [0.5, 0.6) is 0 Å². The van der Waals surface area contributed by atoms with Crippen LogP contribution in [0, 0.1) is 6.92 Å². The predicted octanol–water partition coefficient (Wildman–Crippen LogP) is 4.18. The number of para-hydroxylation sites is 1. The Kier molecular flexibility index (Phi) is 5.20. The molecule has 0 aliphatic rings. The third-order valence-electron chi connectivity index (χ3n) is 4.77. The molecule has 0 bridgehead atoms. The van der Waals surface area contributed by atoms with Crippen LogP contribution in [0.15, 0.2) is 77.6 Å². The van der Waals surface area contributed by atoms with Crippen molar-refractivity contribution in [3.8, 4) is 11.1 Å². The molecular formula is C24H20N2O3. The predicted molar refractivity (Wildman–Crippen MR) is 112 cm³/mol. The number of aromatic nitrogens is 2. The zero-order valence-corrected chi connectivity index (χ0v) is 16.0. The average molecular weight is 384 g/mol. The summed E-state index contributed by atoms with van der Waals surface area (Å²) in [5, 5.41) is 0.526. The van der Waals surface area contributed by atoms with Crippen LogP contribution in [0.2, 0.25) is 0 Å². The van der Waals surface area contributed by atoms with Gasteiger partial charge in [-0.2, -0.15) is 0 Å². The molecule has 0 aliphatic heterocycles. The molecular weight excluding hydrogens is 364 g/mol. The molecule has 29 heavy (non-hydrogen) atoms. The van der Waals surface area contributed by atoms with Crippen molar-refractivity contribution in [2.24, 2.45) is 0 Å². The Balaban J connectivity index is 1.41. The van der Waals surface area contributed by atoms with Crippen molar-refractivity contribution in [2.45, 2.75) is 20.0 Å². The van der Waals surface area contributed by atoms with Crippen molar-refractivity contribution in [2.75, 3.05) is 0 Å². The van der Waals surface area contributed by atoms with Gasteiger partial charge in [-0.15, -0.1) is 0 Å². The van der Waals surface area contributed by atoms with E-state index in [1.807, 2.05) is 73.7 Å². The van der Waals surface area contributed by atoms with E-state index < -0.39 is 0 Å². The van der Waals surface area contributed by atoms with E-state index in [4.69, 9.17) is 4.74 Å². The topological polar surface area (TPSA) is 72.1 Å². The number of fused-ring (bicyclic) bond motifs is 1. The van der Waals surface area contributed by atoms with Crippen molar-refractivity contribution in [1.82, 2.24) is 9.97 Å². The number of hydrogen-bond donors (Lipinski definition) is 1. The van der Waals surface area contributed by atoms with Crippen LogP contribution >= 0.6 is 0 Å². The molecule has 5 heteroatoms. The second-order valence-electron chi connectivity index (χ2n) is 6.88. The van der Waals surface area contributed by atoms with E-state index in [0.717, 1.165) is 22.3 Å². The summed E-state index contributed by atoms with van der Waals surface area (Å²) < 4.78 is 5.32. The molecule has 0 unspecified atom stereocenters. The van der Waals surface area contributed by atoms with Gasteiger partial charge in [0, 0.05) is 0 Å². The maximum atomic E-state index is 12.2. The summed E-state index contributed by atoms with van der Waals surface area (Å²) in [5.74, 6) is -0.0328. The number of esters is 1. The molecule has 1 N–H and O–H groups in total. The second kappa shape index (κ2) is 8.10. The van der Waals surface area contributed by atoms with E-state index in [9.17, 15) is 9.59 Å². The van der Waals surface area contributed by atoms with Crippen LogP contribution in [-0.2, 0) is 22.6 Å². The smallest absolute Gasteiger partial charge is 0.310 e. The maximum absolute atomic E-state index is 12.2. The molecule has 3 aromatic carbocycles. The van der Waals surface area contributed by atoms with E-state index in [2.05, 4.69) is 9.97 Å². The molecule has 144 valence electrons. The molecule has 0 radical (unpaired) electrons. The normalized spacial score (nSPS) is 10.8. The number of carbonyl (C=O) groups is 1. The van der Waals surface area contributed by atoms with Crippen LogP contribution in [0.25, 0.3) is 22.0 Å². The number of H-pyrrole nitrogens is 1. The molecule has 1 heterocycles. The van der Waals surface area contributed by atoms with E-state index in [1.54, 1.807) is 6.07 Å². The van der Waals surface area contributed by atoms with Gasteiger partial charge in [-0.25, -0.2) is 4.98 Å². The highest BCUT2D eigenvalue weighted by Crippen LogP contribution is 2.19. The standard InChI is InChI=1S/C24H20N2O3/c1-16-6-5-9-20-23(16)25-21(26-24(20)28)15-29-22(27)14-17-10-12-19(13-11-17)18-7-3-2-4-8-18/h2-13H,14-15H2,1H3,(H,25,26,28). The van der Waals surface area contributed by atoms with E-state index in [-0.39, 0.29) is 24.6 Å². The largest absolute Gasteiger partial charge is 0.457 e. The summed E-state index contributed by atoms with van der Waals surface area (Å²) >= 11 is 0. The Morgan fingerprint density at radius 1 is 0.931 bits per heavy atom. The zero-order valence-electron chi connectivity index (χ0n) is 16.0. The minimum Gasteiger partial charge on any atom is -0.457 e. The van der Waals surface area contributed by atoms with Gasteiger partial charge in [-0.05, 0) is 35.2 Å². The van der Waals surface area contributed by atoms with Gasteiger partial charge < -0.3 is 9.72 Å². The van der Waals surface area contributed by atoms with Crippen LogP contribution in [-0.4, -0.2) is 15.9 Å². The lowest BCUT2D eigenvalue weighted by Crippen LogP contribution is -2.15. The van der Waals surface area contributed by atoms with Crippen molar-refractivity contribution in [1.29, 1.82) is 0 Å². The molecule has 0 fully saturated rings. The maximum Gasteiger partial charge on any atom is 0.310 e. The lowest BCUT2D eigenvalue weighted by atomic mass is 10.0. The highest BCUT2D eigenvalue weighted by molar-refractivity contribution is 5.80. The Labute approximate surface area is 168 Å². The van der Waals surface area contributed by atoms with Gasteiger partial charge in [0.1, 0.15) is 12.4 Å². The zero-order chi connectivity index (χ0) is 20.2. The molecule has 0 atom stereocenters. The quantitative estimate of drug-likeness (QED) is 0.524. The molecule has 0 saturated heterocycles. The summed E-state index contributed by atoms with van der Waals surface area (Å²) in [6, 6.07) is 23.3. The van der Waals surface area contributed by atoms with Crippen LogP contribution in [0.3, 0.4) is 0 Å². The van der Waals surface area contributed by atoms with Gasteiger partial charge >= 0.3 is 5.97 Å². The average Bonchev–Trinajstić information content (AvgIpc) is 2.74. The molecule has 5 nitrogen and oxygen atoms in total. The van der Waals surface area contributed by atoms with Gasteiger partial charge in [0.25, 0.3) is 5.56 Å². The lowest BCUT2D eigenvalue weighted by Gasteiger charge is -2.07. The highest BCUT2D eigenvalue weighted by Gasteiger charge is 2.10. The Hall–Kier alpha value is -3.73. The summed E-state index contributed by atoms with van der Waals surface area (Å²) in [5.41, 5.74) is 4.38. The van der Waals surface area contributed by atoms with Crippen molar-refractivity contribution in [3.05, 3.63) is 100 Å². The monoisotopic (exact) mass is 384 g/mol. The minimum atomic E-state index is -0.370. The third kappa shape index (κ3) is 4.24. The number of aryl methyl sites for hydroxylation is 1. The first-order valence-corrected chi connectivity index (χ1v) is 9.38. The SMILES string of the molecule is Cc1cccc2c(=O)[nH]c(COC(=O)Cc3ccc(-c4ccccc4)cc3)nc12. The summed E-state index contributed by atoms with van der Waals surface area (Å²) in [4.78, 5) is 31.5. The fourth-order valence-electron chi connectivity index (χ4n) is 3.23. The van der Waals surface area contributed by atoms with E-state index >= 15 is 0 Å². The number of rotatable bonds is 5. The van der Waals surface area contributed by atoms with Crippen LogP contribution in [0.4, 0.5) is 0 Å². The number of ether oxygens (including phenoxy) is 1. The number of hydrogen-bond acceptors (Lipinski definition) is 4. The molecule has 0 amide bonds. The van der Waals surface area contributed by atoms with Crippen molar-refractivity contribution >= 4 is 16.9 Å². The molecule has 0 spiro atoms. The van der Waals surface area contributed by atoms with E-state index in [1.165, 1.54) is 0 Å². The number of benzene rings is 3. The van der Waals surface area contributed by atoms with Gasteiger partial charge in [0.15, 0.2) is 0 Å². The lowest BCUT2D eigenvalue weighted by molar-refractivity contribution is -0.144. The number of carbonyl (C=O) groups excluding carboxylic acids is 1. The molecule has 0 aliphatic carbocycles.